The zero-order valence-corrected chi connectivity index (χ0v) is 14.9. The van der Waals surface area contributed by atoms with Crippen molar-refractivity contribution >= 4 is 0 Å². The van der Waals surface area contributed by atoms with Crippen molar-refractivity contribution in [2.45, 2.75) is 25.6 Å². The molecule has 0 aliphatic carbocycles. The van der Waals surface area contributed by atoms with Crippen molar-refractivity contribution in [3.8, 4) is 0 Å². The number of morpholine rings is 1. The molecule has 2 aromatic carbocycles. The second-order valence-electron chi connectivity index (χ2n) is 6.67. The molecule has 0 saturated carbocycles. The lowest BCUT2D eigenvalue weighted by molar-refractivity contribution is 0.0329. The van der Waals surface area contributed by atoms with Crippen molar-refractivity contribution in [3.63, 3.8) is 0 Å². The summed E-state index contributed by atoms with van der Waals surface area (Å²) in [5.74, 6) is 0. The summed E-state index contributed by atoms with van der Waals surface area (Å²) in [4.78, 5) is 2.46. The fraction of sp³-hybridized carbons (Fsp3) is 0.429. The molecule has 4 heteroatoms. The second kappa shape index (κ2) is 9.11. The molecule has 1 aliphatic rings. The van der Waals surface area contributed by atoms with E-state index in [-0.39, 0.29) is 18.7 Å². The van der Waals surface area contributed by atoms with Gasteiger partial charge in [0.1, 0.15) is 0 Å². The molecule has 0 aromatic heterocycles. The van der Waals surface area contributed by atoms with Crippen molar-refractivity contribution in [2.75, 3.05) is 32.8 Å². The summed E-state index contributed by atoms with van der Waals surface area (Å²) in [6.07, 6.45) is 0. The number of aliphatic hydroxyl groups is 1. The number of hydrogen-bond acceptors (Lipinski definition) is 4. The Morgan fingerprint density at radius 1 is 1.04 bits per heavy atom. The van der Waals surface area contributed by atoms with Crippen LogP contribution < -0.4 is 5.32 Å². The standard InChI is InChI=1S/C21H28N2O2/c1-17(20-9-5-6-18(14-20)16-24)22-21(19-7-3-2-4-8-19)15-23-10-12-25-13-11-23/h2-9,14,17,21-22,24H,10-13,15-16H2,1H3. The van der Waals surface area contributed by atoms with Gasteiger partial charge in [-0.05, 0) is 23.6 Å². The van der Waals surface area contributed by atoms with Gasteiger partial charge in [0.05, 0.1) is 19.8 Å². The highest BCUT2D eigenvalue weighted by atomic mass is 16.5. The molecule has 2 atom stereocenters. The van der Waals surface area contributed by atoms with Gasteiger partial charge in [-0.2, -0.15) is 0 Å². The van der Waals surface area contributed by atoms with Crippen LogP contribution in [-0.2, 0) is 11.3 Å². The summed E-state index contributed by atoms with van der Waals surface area (Å²) in [7, 11) is 0. The number of benzene rings is 2. The van der Waals surface area contributed by atoms with Crippen LogP contribution in [-0.4, -0.2) is 42.9 Å². The van der Waals surface area contributed by atoms with Crippen molar-refractivity contribution in [1.82, 2.24) is 10.2 Å². The van der Waals surface area contributed by atoms with E-state index in [4.69, 9.17) is 4.74 Å². The molecule has 0 amide bonds. The largest absolute Gasteiger partial charge is 0.392 e. The lowest BCUT2D eigenvalue weighted by atomic mass is 10.0. The van der Waals surface area contributed by atoms with E-state index in [0.29, 0.717) is 0 Å². The van der Waals surface area contributed by atoms with Gasteiger partial charge in [-0.3, -0.25) is 4.90 Å². The normalized spacial score (nSPS) is 18.0. The Kier molecular flexibility index (Phi) is 6.59. The third kappa shape index (κ3) is 5.13. The van der Waals surface area contributed by atoms with Crippen LogP contribution in [0.2, 0.25) is 0 Å². The van der Waals surface area contributed by atoms with Crippen LogP contribution >= 0.6 is 0 Å². The third-order valence-corrected chi connectivity index (χ3v) is 4.83. The molecule has 1 fully saturated rings. The second-order valence-corrected chi connectivity index (χ2v) is 6.67. The van der Waals surface area contributed by atoms with Gasteiger partial charge in [-0.15, -0.1) is 0 Å². The van der Waals surface area contributed by atoms with Crippen LogP contribution in [0.15, 0.2) is 54.6 Å². The van der Waals surface area contributed by atoms with E-state index < -0.39 is 0 Å². The molecule has 2 unspecified atom stereocenters. The fourth-order valence-electron chi connectivity index (χ4n) is 3.34. The SMILES string of the molecule is CC(NC(CN1CCOCC1)c1ccccc1)c1cccc(CO)c1. The van der Waals surface area contributed by atoms with E-state index >= 15 is 0 Å². The van der Waals surface area contributed by atoms with Crippen molar-refractivity contribution in [1.29, 1.82) is 0 Å². The molecule has 0 bridgehead atoms. The third-order valence-electron chi connectivity index (χ3n) is 4.83. The van der Waals surface area contributed by atoms with Crippen LogP contribution in [0.5, 0.6) is 0 Å². The Balaban J connectivity index is 1.74. The number of hydrogen-bond donors (Lipinski definition) is 2. The molecule has 2 N–H and O–H groups in total. The van der Waals surface area contributed by atoms with Gasteiger partial charge in [0.15, 0.2) is 0 Å². The number of ether oxygens (including phenoxy) is 1. The quantitative estimate of drug-likeness (QED) is 0.813. The summed E-state index contributed by atoms with van der Waals surface area (Å²) in [5, 5.41) is 13.2. The van der Waals surface area contributed by atoms with Gasteiger partial charge < -0.3 is 15.2 Å². The van der Waals surface area contributed by atoms with Gasteiger partial charge >= 0.3 is 0 Å². The van der Waals surface area contributed by atoms with Gasteiger partial charge in [0, 0.05) is 31.7 Å². The molecule has 2 aromatic rings. The first-order chi connectivity index (χ1) is 12.3. The zero-order chi connectivity index (χ0) is 17.5. The molecule has 134 valence electrons. The van der Waals surface area contributed by atoms with Crippen LogP contribution in [0, 0.1) is 0 Å². The maximum atomic E-state index is 9.38. The molecule has 0 spiro atoms. The molecule has 0 radical (unpaired) electrons. The molecule has 3 rings (SSSR count). The number of aliphatic hydroxyl groups excluding tert-OH is 1. The summed E-state index contributed by atoms with van der Waals surface area (Å²) >= 11 is 0. The summed E-state index contributed by atoms with van der Waals surface area (Å²) in [6.45, 7) is 6.84. The first-order valence-corrected chi connectivity index (χ1v) is 9.07. The average molecular weight is 340 g/mol. The maximum Gasteiger partial charge on any atom is 0.0681 e. The van der Waals surface area contributed by atoms with E-state index in [2.05, 4.69) is 59.6 Å². The first-order valence-electron chi connectivity index (χ1n) is 9.07. The van der Waals surface area contributed by atoms with E-state index in [1.54, 1.807) is 0 Å². The Morgan fingerprint density at radius 3 is 2.48 bits per heavy atom. The fourth-order valence-corrected chi connectivity index (χ4v) is 3.34. The van der Waals surface area contributed by atoms with Crippen LogP contribution in [0.3, 0.4) is 0 Å². The Morgan fingerprint density at radius 2 is 1.76 bits per heavy atom. The van der Waals surface area contributed by atoms with Gasteiger partial charge in [-0.1, -0.05) is 54.6 Å². The Labute approximate surface area is 150 Å². The van der Waals surface area contributed by atoms with Gasteiger partial charge in [0.2, 0.25) is 0 Å². The molecule has 25 heavy (non-hydrogen) atoms. The smallest absolute Gasteiger partial charge is 0.0681 e. The maximum absolute atomic E-state index is 9.38. The molecule has 1 saturated heterocycles. The topological polar surface area (TPSA) is 44.7 Å². The van der Waals surface area contributed by atoms with E-state index in [1.165, 1.54) is 11.1 Å². The van der Waals surface area contributed by atoms with E-state index in [1.807, 2.05) is 12.1 Å². The van der Waals surface area contributed by atoms with Gasteiger partial charge in [-0.25, -0.2) is 0 Å². The lowest BCUT2D eigenvalue weighted by Gasteiger charge is -2.32. The molecule has 1 aliphatic heterocycles. The number of rotatable bonds is 7. The first kappa shape index (κ1) is 18.1. The highest BCUT2D eigenvalue weighted by molar-refractivity contribution is 5.26. The van der Waals surface area contributed by atoms with Crippen LogP contribution in [0.25, 0.3) is 0 Å². The Bertz CT molecular complexity index is 641. The van der Waals surface area contributed by atoms with Crippen LogP contribution in [0.1, 0.15) is 35.7 Å². The summed E-state index contributed by atoms with van der Waals surface area (Å²) in [6, 6.07) is 19.3. The molecular formula is C21H28N2O2. The monoisotopic (exact) mass is 340 g/mol. The number of nitrogens with one attached hydrogen (secondary N) is 1. The number of nitrogens with zero attached hydrogens (tertiary/aromatic N) is 1. The minimum absolute atomic E-state index is 0.0798. The highest BCUT2D eigenvalue weighted by Gasteiger charge is 2.20. The predicted octanol–water partition coefficient (Wildman–Crippen LogP) is 2.90. The van der Waals surface area contributed by atoms with E-state index in [0.717, 1.165) is 38.4 Å². The minimum atomic E-state index is 0.0798. The van der Waals surface area contributed by atoms with Crippen molar-refractivity contribution in [3.05, 3.63) is 71.3 Å². The summed E-state index contributed by atoms with van der Waals surface area (Å²) in [5.41, 5.74) is 3.46. The highest BCUT2D eigenvalue weighted by Crippen LogP contribution is 2.22. The summed E-state index contributed by atoms with van der Waals surface area (Å²) < 4.78 is 5.48. The molecular weight excluding hydrogens is 312 g/mol. The predicted molar refractivity (Wildman–Crippen MR) is 100 cm³/mol. The minimum Gasteiger partial charge on any atom is -0.392 e. The van der Waals surface area contributed by atoms with Crippen molar-refractivity contribution < 1.29 is 9.84 Å². The van der Waals surface area contributed by atoms with Crippen molar-refractivity contribution in [2.24, 2.45) is 0 Å². The lowest BCUT2D eigenvalue weighted by Crippen LogP contribution is -2.42. The average Bonchev–Trinajstić information content (AvgIpc) is 2.69. The van der Waals surface area contributed by atoms with Crippen LogP contribution in [0.4, 0.5) is 0 Å². The van der Waals surface area contributed by atoms with Gasteiger partial charge in [0.25, 0.3) is 0 Å². The zero-order valence-electron chi connectivity index (χ0n) is 14.9. The molecule has 4 nitrogen and oxygen atoms in total. The Hall–Kier alpha value is -1.72. The molecule has 1 heterocycles. The van der Waals surface area contributed by atoms with E-state index in [9.17, 15) is 5.11 Å².